The average molecular weight is 446 g/mol. The molecule has 1 aromatic heterocycles. The van der Waals surface area contributed by atoms with Crippen molar-refractivity contribution in [2.75, 3.05) is 18.2 Å². The van der Waals surface area contributed by atoms with Crippen LogP contribution in [0.2, 0.25) is 5.02 Å². The van der Waals surface area contributed by atoms with E-state index < -0.39 is 0 Å². The molecule has 2 N–H and O–H groups in total. The van der Waals surface area contributed by atoms with Gasteiger partial charge in [-0.1, -0.05) is 41.6 Å². The van der Waals surface area contributed by atoms with E-state index in [1.165, 1.54) is 13.2 Å². The standard InChI is InChI=1S/C21H20ClN3O4S/c1-13-8-17(18(28-2)10-16(13)22)24-20(27)12-30-21-23-14(9-19(26)25-21)11-29-15-6-4-3-5-7-15/h3-10H,11-12H2,1-2H3,(H,24,27)(H,23,25,26). The maximum atomic E-state index is 12.4. The highest BCUT2D eigenvalue weighted by Gasteiger charge is 2.12. The fraction of sp³-hybridized carbons (Fsp3) is 0.190. The van der Waals surface area contributed by atoms with Crippen molar-refractivity contribution < 1.29 is 14.3 Å². The van der Waals surface area contributed by atoms with Gasteiger partial charge in [-0.3, -0.25) is 9.59 Å². The summed E-state index contributed by atoms with van der Waals surface area (Å²) in [5.41, 5.74) is 1.50. The second kappa shape index (κ2) is 10.2. The number of hydrogen-bond acceptors (Lipinski definition) is 6. The van der Waals surface area contributed by atoms with E-state index in [1.807, 2.05) is 37.3 Å². The molecule has 0 bridgehead atoms. The number of ether oxygens (including phenoxy) is 2. The quantitative estimate of drug-likeness (QED) is 0.401. The van der Waals surface area contributed by atoms with Gasteiger partial charge in [-0.2, -0.15) is 0 Å². The highest BCUT2D eigenvalue weighted by molar-refractivity contribution is 7.99. The van der Waals surface area contributed by atoms with Gasteiger partial charge < -0.3 is 19.8 Å². The maximum Gasteiger partial charge on any atom is 0.251 e. The van der Waals surface area contributed by atoms with E-state index >= 15 is 0 Å². The second-order valence-corrected chi connectivity index (χ2v) is 7.65. The first-order valence-corrected chi connectivity index (χ1v) is 10.4. The van der Waals surface area contributed by atoms with Crippen LogP contribution in [-0.2, 0) is 11.4 Å². The highest BCUT2D eigenvalue weighted by Crippen LogP contribution is 2.31. The van der Waals surface area contributed by atoms with E-state index in [9.17, 15) is 9.59 Å². The van der Waals surface area contributed by atoms with E-state index in [0.29, 0.717) is 33.1 Å². The monoisotopic (exact) mass is 445 g/mol. The Morgan fingerprint density at radius 2 is 2.00 bits per heavy atom. The minimum absolute atomic E-state index is 0.0523. The average Bonchev–Trinajstić information content (AvgIpc) is 2.73. The van der Waals surface area contributed by atoms with E-state index in [0.717, 1.165) is 17.3 Å². The fourth-order valence-corrected chi connectivity index (χ4v) is 3.40. The molecule has 0 aliphatic heterocycles. The Morgan fingerprint density at radius 1 is 1.23 bits per heavy atom. The van der Waals surface area contributed by atoms with Crippen molar-refractivity contribution in [1.82, 2.24) is 9.97 Å². The van der Waals surface area contributed by atoms with Crippen molar-refractivity contribution in [2.45, 2.75) is 18.7 Å². The summed E-state index contributed by atoms with van der Waals surface area (Å²) in [6.45, 7) is 1.98. The van der Waals surface area contributed by atoms with E-state index in [4.69, 9.17) is 21.1 Å². The molecule has 7 nitrogen and oxygen atoms in total. The molecule has 0 unspecified atom stereocenters. The molecule has 0 aliphatic carbocycles. The number of rotatable bonds is 8. The number of benzene rings is 2. The fourth-order valence-electron chi connectivity index (χ4n) is 2.55. The normalized spacial score (nSPS) is 10.5. The highest BCUT2D eigenvalue weighted by atomic mass is 35.5. The summed E-state index contributed by atoms with van der Waals surface area (Å²) in [4.78, 5) is 31.3. The van der Waals surface area contributed by atoms with E-state index in [-0.39, 0.29) is 23.8 Å². The van der Waals surface area contributed by atoms with Gasteiger partial charge in [0.1, 0.15) is 18.1 Å². The number of methoxy groups -OCH3 is 1. The minimum Gasteiger partial charge on any atom is -0.495 e. The molecule has 2 aromatic carbocycles. The molecule has 9 heteroatoms. The van der Waals surface area contributed by atoms with Crippen molar-refractivity contribution in [3.05, 3.63) is 75.2 Å². The number of carbonyl (C=O) groups excluding carboxylic acids is 1. The third-order valence-electron chi connectivity index (χ3n) is 4.00. The Balaban J connectivity index is 1.61. The van der Waals surface area contributed by atoms with E-state index in [1.54, 1.807) is 12.1 Å². The Morgan fingerprint density at radius 3 is 2.73 bits per heavy atom. The van der Waals surface area contributed by atoms with Gasteiger partial charge in [-0.05, 0) is 30.7 Å². The van der Waals surface area contributed by atoms with Crippen molar-refractivity contribution in [3.63, 3.8) is 0 Å². The molecule has 0 radical (unpaired) electrons. The molecular formula is C21H20ClN3O4S. The van der Waals surface area contributed by atoms with Crippen LogP contribution in [0.1, 0.15) is 11.3 Å². The Kier molecular flexibility index (Phi) is 7.37. The summed E-state index contributed by atoms with van der Waals surface area (Å²) in [5, 5.41) is 3.68. The lowest BCUT2D eigenvalue weighted by Gasteiger charge is -2.12. The predicted octanol–water partition coefficient (Wildman–Crippen LogP) is 4.05. The number of aromatic nitrogens is 2. The van der Waals surface area contributed by atoms with Crippen LogP contribution in [0.5, 0.6) is 11.5 Å². The van der Waals surface area contributed by atoms with Crippen LogP contribution in [0.25, 0.3) is 0 Å². The first kappa shape index (κ1) is 21.7. The SMILES string of the molecule is COc1cc(Cl)c(C)cc1NC(=O)CSc1nc(COc2ccccc2)cc(=O)[nH]1. The molecule has 30 heavy (non-hydrogen) atoms. The van der Waals surface area contributed by atoms with Gasteiger partial charge in [-0.15, -0.1) is 0 Å². The predicted molar refractivity (Wildman–Crippen MR) is 118 cm³/mol. The van der Waals surface area contributed by atoms with Gasteiger partial charge >= 0.3 is 0 Å². The molecule has 0 atom stereocenters. The van der Waals surface area contributed by atoms with Gasteiger partial charge in [0.25, 0.3) is 5.56 Å². The van der Waals surface area contributed by atoms with Gasteiger partial charge in [0.05, 0.1) is 24.2 Å². The van der Waals surface area contributed by atoms with Crippen LogP contribution < -0.4 is 20.3 Å². The lowest BCUT2D eigenvalue weighted by atomic mass is 10.2. The van der Waals surface area contributed by atoms with Crippen LogP contribution in [0.4, 0.5) is 5.69 Å². The summed E-state index contributed by atoms with van der Waals surface area (Å²) in [6.07, 6.45) is 0. The third-order valence-corrected chi connectivity index (χ3v) is 5.28. The zero-order valence-corrected chi connectivity index (χ0v) is 18.0. The van der Waals surface area contributed by atoms with Crippen molar-refractivity contribution in [3.8, 4) is 11.5 Å². The van der Waals surface area contributed by atoms with Gasteiger partial charge in [0.2, 0.25) is 5.91 Å². The number of para-hydroxylation sites is 1. The molecule has 156 valence electrons. The number of nitrogens with zero attached hydrogens (tertiary/aromatic N) is 1. The number of thioether (sulfide) groups is 1. The number of hydrogen-bond donors (Lipinski definition) is 2. The second-order valence-electron chi connectivity index (χ2n) is 6.28. The largest absolute Gasteiger partial charge is 0.495 e. The van der Waals surface area contributed by atoms with Crippen LogP contribution in [0.3, 0.4) is 0 Å². The van der Waals surface area contributed by atoms with Crippen molar-refractivity contribution in [1.29, 1.82) is 0 Å². The first-order valence-electron chi connectivity index (χ1n) is 8.99. The van der Waals surface area contributed by atoms with Gasteiger partial charge in [-0.25, -0.2) is 4.98 Å². The molecule has 0 spiro atoms. The molecule has 0 aliphatic rings. The maximum absolute atomic E-state index is 12.4. The first-order chi connectivity index (χ1) is 14.4. The Hall–Kier alpha value is -2.97. The molecule has 0 saturated carbocycles. The number of aromatic amines is 1. The number of aryl methyl sites for hydroxylation is 1. The molecule has 3 rings (SSSR count). The van der Waals surface area contributed by atoms with Crippen molar-refractivity contribution in [2.24, 2.45) is 0 Å². The summed E-state index contributed by atoms with van der Waals surface area (Å²) in [6, 6.07) is 14.0. The number of carbonyl (C=O) groups is 1. The molecule has 1 amide bonds. The topological polar surface area (TPSA) is 93.3 Å². The number of amides is 1. The molecule has 1 heterocycles. The molecule has 0 saturated heterocycles. The molecule has 3 aromatic rings. The molecular weight excluding hydrogens is 426 g/mol. The summed E-state index contributed by atoms with van der Waals surface area (Å²) in [5.74, 6) is 0.932. The van der Waals surface area contributed by atoms with Crippen LogP contribution in [0, 0.1) is 6.92 Å². The minimum atomic E-state index is -0.311. The molecule has 0 fully saturated rings. The zero-order chi connectivity index (χ0) is 21.5. The Labute approximate surface area is 182 Å². The third kappa shape index (κ3) is 6.01. The number of anilines is 1. The van der Waals surface area contributed by atoms with Crippen molar-refractivity contribution >= 4 is 35.0 Å². The van der Waals surface area contributed by atoms with E-state index in [2.05, 4.69) is 15.3 Å². The number of H-pyrrole nitrogens is 1. The zero-order valence-electron chi connectivity index (χ0n) is 16.4. The van der Waals surface area contributed by atoms with Crippen LogP contribution >= 0.6 is 23.4 Å². The van der Waals surface area contributed by atoms with Crippen LogP contribution in [-0.4, -0.2) is 28.7 Å². The summed E-state index contributed by atoms with van der Waals surface area (Å²) >= 11 is 7.21. The number of halogens is 1. The Bertz CT molecular complexity index is 1090. The summed E-state index contributed by atoms with van der Waals surface area (Å²) < 4.78 is 10.9. The smallest absolute Gasteiger partial charge is 0.251 e. The summed E-state index contributed by atoms with van der Waals surface area (Å²) in [7, 11) is 1.50. The van der Waals surface area contributed by atoms with Gasteiger partial charge in [0, 0.05) is 17.2 Å². The van der Waals surface area contributed by atoms with Crippen LogP contribution in [0.15, 0.2) is 58.5 Å². The lowest BCUT2D eigenvalue weighted by Crippen LogP contribution is -2.16. The van der Waals surface area contributed by atoms with Gasteiger partial charge in [0.15, 0.2) is 5.16 Å². The number of nitrogens with one attached hydrogen (secondary N) is 2. The lowest BCUT2D eigenvalue weighted by molar-refractivity contribution is -0.113.